The second kappa shape index (κ2) is 15.5. The molecule has 1 unspecified atom stereocenters. The van der Waals surface area contributed by atoms with Crippen LogP contribution in [0.3, 0.4) is 0 Å². The van der Waals surface area contributed by atoms with Crippen molar-refractivity contribution < 1.29 is 0 Å². The molecule has 1 N–H and O–H groups in total. The zero-order valence-corrected chi connectivity index (χ0v) is 36.5. The molecule has 2 nitrogen and oxygen atoms in total. The van der Waals surface area contributed by atoms with Crippen LogP contribution in [0.15, 0.2) is 237 Å². The van der Waals surface area contributed by atoms with Gasteiger partial charge in [-0.2, -0.15) is 0 Å². The van der Waals surface area contributed by atoms with Crippen molar-refractivity contribution in [1.29, 1.82) is 0 Å². The monoisotopic (exact) mass is 842 g/mol. The molecule has 1 spiro atoms. The van der Waals surface area contributed by atoms with Gasteiger partial charge in [-0.25, -0.2) is 0 Å². The van der Waals surface area contributed by atoms with E-state index in [1.165, 1.54) is 89.0 Å². The number of anilines is 4. The van der Waals surface area contributed by atoms with Crippen molar-refractivity contribution in [1.82, 2.24) is 0 Å². The largest absolute Gasteiger partial charge is 0.374 e. The highest BCUT2D eigenvalue weighted by Gasteiger charge is 2.51. The molecule has 0 fully saturated rings. The van der Waals surface area contributed by atoms with Crippen molar-refractivity contribution in [3.63, 3.8) is 0 Å². The summed E-state index contributed by atoms with van der Waals surface area (Å²) in [6.45, 7) is 0. The predicted octanol–water partition coefficient (Wildman–Crippen LogP) is 16.6. The van der Waals surface area contributed by atoms with Crippen LogP contribution < -0.4 is 10.2 Å². The van der Waals surface area contributed by atoms with Crippen LogP contribution in [0.25, 0.3) is 50.6 Å². The average molecular weight is 843 g/mol. The number of fused-ring (bicyclic) bond motifs is 11. The molecule has 13 rings (SSSR count). The Balaban J connectivity index is 1.02. The van der Waals surface area contributed by atoms with E-state index < -0.39 is 5.41 Å². The van der Waals surface area contributed by atoms with Crippen molar-refractivity contribution >= 4 is 40.0 Å². The van der Waals surface area contributed by atoms with E-state index >= 15 is 0 Å². The quantitative estimate of drug-likeness (QED) is 0.172. The fraction of sp³-hybridized carbons (Fsp3) is 0.0625. The zero-order chi connectivity index (χ0) is 43.6. The normalized spacial score (nSPS) is 15.7. The van der Waals surface area contributed by atoms with Crippen LogP contribution in [0, 0.1) is 0 Å². The van der Waals surface area contributed by atoms with E-state index in [1.807, 2.05) is 0 Å². The Hall–Kier alpha value is -8.20. The average Bonchev–Trinajstić information content (AvgIpc) is 3.86. The Kier molecular flexibility index (Phi) is 8.99. The maximum atomic E-state index is 4.01. The number of benzene rings is 9. The fourth-order valence-corrected chi connectivity index (χ4v) is 11.4. The van der Waals surface area contributed by atoms with Gasteiger partial charge in [0.25, 0.3) is 0 Å². The summed E-state index contributed by atoms with van der Waals surface area (Å²) in [7, 11) is 0. The molecular formula is C64H46N2. The van der Waals surface area contributed by atoms with Gasteiger partial charge in [0.15, 0.2) is 0 Å². The molecule has 0 aromatic heterocycles. The first-order valence-corrected chi connectivity index (χ1v) is 23.3. The van der Waals surface area contributed by atoms with Gasteiger partial charge in [-0.05, 0) is 139 Å². The Morgan fingerprint density at radius 2 is 1.00 bits per heavy atom. The Morgan fingerprint density at radius 1 is 0.439 bits per heavy atom. The molecule has 312 valence electrons. The summed E-state index contributed by atoms with van der Waals surface area (Å²) in [6.07, 6.45) is 11.5. The van der Waals surface area contributed by atoms with E-state index in [4.69, 9.17) is 0 Å². The summed E-state index contributed by atoms with van der Waals surface area (Å²) < 4.78 is 0. The Morgan fingerprint density at radius 3 is 1.68 bits per heavy atom. The van der Waals surface area contributed by atoms with E-state index in [-0.39, 0.29) is 6.04 Å². The third kappa shape index (κ3) is 5.95. The van der Waals surface area contributed by atoms with Crippen molar-refractivity contribution in [2.45, 2.75) is 24.3 Å². The molecule has 66 heavy (non-hydrogen) atoms. The van der Waals surface area contributed by atoms with Crippen LogP contribution >= 0.6 is 0 Å². The van der Waals surface area contributed by atoms with Gasteiger partial charge in [0.2, 0.25) is 0 Å². The molecule has 9 aromatic carbocycles. The molecule has 0 amide bonds. The molecule has 0 radical (unpaired) electrons. The summed E-state index contributed by atoms with van der Waals surface area (Å²) in [6, 6.07) is 81.1. The van der Waals surface area contributed by atoms with Gasteiger partial charge in [-0.3, -0.25) is 0 Å². The number of para-hydroxylation sites is 2. The van der Waals surface area contributed by atoms with E-state index in [2.05, 4.69) is 253 Å². The SMILES string of the molecule is C1=CC(c2ccc(N(c3ccc4c(c3)C3(c5ccccc5-c5ccccc53)c3ccccc3-4)c3ccccc3C3=Cc4ccccc4NC3c3ccc(-c4ccccc4)cc3)cc2)=CCC1. The van der Waals surface area contributed by atoms with Crippen molar-refractivity contribution in [2.24, 2.45) is 0 Å². The van der Waals surface area contributed by atoms with Crippen LogP contribution in [-0.4, -0.2) is 0 Å². The number of allylic oxidation sites excluding steroid dienone is 4. The molecule has 1 atom stereocenters. The van der Waals surface area contributed by atoms with Crippen molar-refractivity contribution in [2.75, 3.05) is 10.2 Å². The summed E-state index contributed by atoms with van der Waals surface area (Å²) in [5.41, 5.74) is 24.3. The summed E-state index contributed by atoms with van der Waals surface area (Å²) in [4.78, 5) is 2.50. The highest BCUT2D eigenvalue weighted by atomic mass is 15.1. The molecule has 0 saturated heterocycles. The molecule has 2 heteroatoms. The first kappa shape index (κ1) is 38.3. The number of hydrogen-bond acceptors (Lipinski definition) is 2. The van der Waals surface area contributed by atoms with Crippen LogP contribution in [0.4, 0.5) is 22.7 Å². The topological polar surface area (TPSA) is 15.3 Å². The Labute approximate surface area is 387 Å². The minimum absolute atomic E-state index is 0.0931. The van der Waals surface area contributed by atoms with E-state index in [9.17, 15) is 0 Å². The van der Waals surface area contributed by atoms with Crippen LogP contribution in [-0.2, 0) is 5.41 Å². The number of rotatable bonds is 7. The lowest BCUT2D eigenvalue weighted by Gasteiger charge is -2.34. The van der Waals surface area contributed by atoms with Crippen LogP contribution in [0.2, 0.25) is 0 Å². The molecule has 0 bridgehead atoms. The maximum Gasteiger partial charge on any atom is 0.0774 e. The van der Waals surface area contributed by atoms with Crippen LogP contribution in [0.5, 0.6) is 0 Å². The van der Waals surface area contributed by atoms with E-state index in [0.29, 0.717) is 0 Å². The maximum absolute atomic E-state index is 4.01. The van der Waals surface area contributed by atoms with Crippen molar-refractivity contribution in [3.8, 4) is 33.4 Å². The summed E-state index contributed by atoms with van der Waals surface area (Å²) in [5, 5.41) is 4.01. The molecular weight excluding hydrogens is 797 g/mol. The fourth-order valence-electron chi connectivity index (χ4n) is 11.4. The third-order valence-electron chi connectivity index (χ3n) is 14.4. The molecule has 0 saturated carbocycles. The van der Waals surface area contributed by atoms with Gasteiger partial charge >= 0.3 is 0 Å². The van der Waals surface area contributed by atoms with Gasteiger partial charge < -0.3 is 10.2 Å². The molecule has 1 aliphatic heterocycles. The first-order valence-electron chi connectivity index (χ1n) is 23.3. The van der Waals surface area contributed by atoms with E-state index in [0.717, 1.165) is 35.6 Å². The van der Waals surface area contributed by atoms with E-state index in [1.54, 1.807) is 0 Å². The molecule has 9 aromatic rings. The lowest BCUT2D eigenvalue weighted by atomic mass is 9.70. The second-order valence-electron chi connectivity index (χ2n) is 17.9. The lowest BCUT2D eigenvalue weighted by molar-refractivity contribution is 0.793. The minimum atomic E-state index is -0.458. The van der Waals surface area contributed by atoms with Gasteiger partial charge in [-0.1, -0.05) is 200 Å². The zero-order valence-electron chi connectivity index (χ0n) is 36.5. The molecule has 1 heterocycles. The Bertz CT molecular complexity index is 3380. The minimum Gasteiger partial charge on any atom is -0.374 e. The van der Waals surface area contributed by atoms with Gasteiger partial charge in [0.05, 0.1) is 17.1 Å². The standard InChI is InChI=1S/C64H46N2/c1-3-17-43(18-4-1)45-31-33-47(34-32-45)63-56(41-48-21-7-15-29-61(48)65-63)55-25-11-16-30-62(55)66(49-37-35-46(36-38-49)44-19-5-2-6-20-44)50-39-40-54-53-24-10-14-28-59(53)64(60(54)42-50)57-26-12-8-22-51(57)52-23-9-13-27-58(52)64/h1,3-5,7-42,63,65H,2,6H2. The van der Waals surface area contributed by atoms with Gasteiger partial charge in [0.1, 0.15) is 0 Å². The third-order valence-corrected chi connectivity index (χ3v) is 14.4. The summed E-state index contributed by atoms with van der Waals surface area (Å²) in [5.74, 6) is 0. The van der Waals surface area contributed by atoms with Gasteiger partial charge in [0, 0.05) is 22.6 Å². The van der Waals surface area contributed by atoms with Crippen molar-refractivity contribution in [3.05, 3.63) is 281 Å². The second-order valence-corrected chi connectivity index (χ2v) is 17.9. The number of nitrogens with one attached hydrogen (secondary N) is 1. The first-order chi connectivity index (χ1) is 32.7. The molecule has 3 aliphatic carbocycles. The predicted molar refractivity (Wildman–Crippen MR) is 276 cm³/mol. The number of nitrogens with zero attached hydrogens (tertiary/aromatic N) is 1. The van der Waals surface area contributed by atoms with Crippen LogP contribution in [0.1, 0.15) is 63.4 Å². The number of hydrogen-bond donors (Lipinski definition) is 1. The lowest BCUT2D eigenvalue weighted by Crippen LogP contribution is -2.26. The molecule has 4 aliphatic rings. The van der Waals surface area contributed by atoms with Gasteiger partial charge in [-0.15, -0.1) is 0 Å². The highest BCUT2D eigenvalue weighted by Crippen LogP contribution is 2.63. The summed E-state index contributed by atoms with van der Waals surface area (Å²) >= 11 is 0. The smallest absolute Gasteiger partial charge is 0.0774 e. The highest BCUT2D eigenvalue weighted by molar-refractivity contribution is 6.00.